The number of nitrogens with zero attached hydrogens (tertiary/aromatic N) is 2. The average Bonchev–Trinajstić information content (AvgIpc) is 3.41. The van der Waals surface area contributed by atoms with Crippen LogP contribution in [0.4, 0.5) is 0 Å². The summed E-state index contributed by atoms with van der Waals surface area (Å²) in [6.45, 7) is 1.94. The second kappa shape index (κ2) is 8.55. The molecule has 0 fully saturated rings. The van der Waals surface area contributed by atoms with Crippen LogP contribution in [0.25, 0.3) is 12.2 Å². The first-order chi connectivity index (χ1) is 16.0. The monoisotopic (exact) mass is 460 g/mol. The Bertz CT molecular complexity index is 1480. The highest BCUT2D eigenvalue weighted by atomic mass is 32.1. The molecule has 2 aromatic carbocycles. The summed E-state index contributed by atoms with van der Waals surface area (Å²) in [5.41, 5.74) is 2.41. The fraction of sp³-hybridized carbons (Fsp3) is 0.160. The third-order valence-electron chi connectivity index (χ3n) is 5.43. The lowest BCUT2D eigenvalue weighted by atomic mass is 10.0. The van der Waals surface area contributed by atoms with Crippen molar-refractivity contribution in [3.05, 3.63) is 96.7 Å². The number of methoxy groups -OCH3 is 1. The molecule has 3 aromatic rings. The van der Waals surface area contributed by atoms with Gasteiger partial charge in [-0.25, -0.2) is 9.79 Å². The Kier molecular flexibility index (Phi) is 5.43. The van der Waals surface area contributed by atoms with Crippen molar-refractivity contribution < 1.29 is 19.0 Å². The van der Waals surface area contributed by atoms with Crippen LogP contribution in [0.2, 0.25) is 0 Å². The third kappa shape index (κ3) is 3.89. The summed E-state index contributed by atoms with van der Waals surface area (Å²) >= 11 is 1.28. The fourth-order valence-electron chi connectivity index (χ4n) is 3.84. The molecule has 8 heteroatoms. The van der Waals surface area contributed by atoms with Gasteiger partial charge in [-0.3, -0.25) is 9.36 Å². The van der Waals surface area contributed by atoms with Gasteiger partial charge in [-0.2, -0.15) is 0 Å². The molecule has 33 heavy (non-hydrogen) atoms. The van der Waals surface area contributed by atoms with Gasteiger partial charge in [-0.15, -0.1) is 0 Å². The molecule has 0 N–H and O–H groups in total. The maximum absolute atomic E-state index is 13.5. The first kappa shape index (κ1) is 21.0. The van der Waals surface area contributed by atoms with Gasteiger partial charge >= 0.3 is 5.97 Å². The highest BCUT2D eigenvalue weighted by molar-refractivity contribution is 7.07. The van der Waals surface area contributed by atoms with Gasteiger partial charge in [-0.1, -0.05) is 59.9 Å². The number of aromatic nitrogens is 1. The maximum atomic E-state index is 13.5. The van der Waals surface area contributed by atoms with E-state index in [9.17, 15) is 9.59 Å². The molecule has 1 atom stereocenters. The SMILES string of the molecule is COC(=O)C1=C(C)N=c2s/c(=C\c3ccc4c(c3)OCO4)c(=O)n2[C@H]1/C=C/c1ccccc1. The van der Waals surface area contributed by atoms with Crippen LogP contribution in [0.15, 0.2) is 75.7 Å². The average molecular weight is 461 g/mol. The number of thiazole rings is 1. The van der Waals surface area contributed by atoms with Gasteiger partial charge in [0.1, 0.15) is 0 Å². The van der Waals surface area contributed by atoms with E-state index < -0.39 is 12.0 Å². The predicted octanol–water partition coefficient (Wildman–Crippen LogP) is 2.80. The van der Waals surface area contributed by atoms with Crippen LogP contribution in [0, 0.1) is 0 Å². The molecule has 0 saturated carbocycles. The molecule has 5 rings (SSSR count). The summed E-state index contributed by atoms with van der Waals surface area (Å²) in [5.74, 6) is 0.811. The first-order valence-corrected chi connectivity index (χ1v) is 11.1. The van der Waals surface area contributed by atoms with Gasteiger partial charge in [0.25, 0.3) is 5.56 Å². The third-order valence-corrected chi connectivity index (χ3v) is 6.42. The van der Waals surface area contributed by atoms with E-state index in [1.165, 1.54) is 18.4 Å². The van der Waals surface area contributed by atoms with E-state index in [1.807, 2.05) is 60.7 Å². The zero-order valence-corrected chi connectivity index (χ0v) is 18.8. The Morgan fingerprint density at radius 3 is 2.73 bits per heavy atom. The summed E-state index contributed by atoms with van der Waals surface area (Å²) in [6.07, 6.45) is 5.52. The number of carbonyl (C=O) groups is 1. The Labute approximate surface area is 193 Å². The molecule has 2 aliphatic heterocycles. The summed E-state index contributed by atoms with van der Waals surface area (Å²) in [4.78, 5) is 31.1. The lowest BCUT2D eigenvalue weighted by Gasteiger charge is -2.21. The van der Waals surface area contributed by atoms with Crippen molar-refractivity contribution in [2.24, 2.45) is 4.99 Å². The highest BCUT2D eigenvalue weighted by Gasteiger charge is 2.30. The molecule has 0 aliphatic carbocycles. The lowest BCUT2D eigenvalue weighted by Crippen LogP contribution is -2.38. The molecule has 0 radical (unpaired) electrons. The second-order valence-corrected chi connectivity index (χ2v) is 8.51. The Hall–Kier alpha value is -3.91. The van der Waals surface area contributed by atoms with E-state index in [-0.39, 0.29) is 12.4 Å². The molecule has 2 aliphatic rings. The number of esters is 1. The van der Waals surface area contributed by atoms with Crippen molar-refractivity contribution in [2.45, 2.75) is 13.0 Å². The summed E-state index contributed by atoms with van der Waals surface area (Å²) in [6, 6.07) is 14.6. The number of allylic oxidation sites excluding steroid dienone is 2. The number of hydrogen-bond donors (Lipinski definition) is 0. The van der Waals surface area contributed by atoms with Gasteiger partial charge in [0.05, 0.1) is 29.0 Å². The van der Waals surface area contributed by atoms with Crippen LogP contribution >= 0.6 is 11.3 Å². The Balaban J connectivity index is 1.64. The van der Waals surface area contributed by atoms with Gasteiger partial charge in [-0.05, 0) is 36.3 Å². The molecule has 0 unspecified atom stereocenters. The Morgan fingerprint density at radius 1 is 1.15 bits per heavy atom. The number of carbonyl (C=O) groups excluding carboxylic acids is 1. The van der Waals surface area contributed by atoms with E-state index in [2.05, 4.69) is 4.99 Å². The lowest BCUT2D eigenvalue weighted by molar-refractivity contribution is -0.136. The number of hydrogen-bond acceptors (Lipinski definition) is 7. The van der Waals surface area contributed by atoms with Crippen LogP contribution in [0.5, 0.6) is 11.5 Å². The van der Waals surface area contributed by atoms with Crippen LogP contribution in [-0.4, -0.2) is 24.4 Å². The van der Waals surface area contributed by atoms with Gasteiger partial charge in [0.2, 0.25) is 6.79 Å². The molecule has 0 saturated heterocycles. The van der Waals surface area contributed by atoms with Crippen molar-refractivity contribution >= 4 is 29.5 Å². The van der Waals surface area contributed by atoms with Crippen LogP contribution in [0.3, 0.4) is 0 Å². The van der Waals surface area contributed by atoms with Crippen molar-refractivity contribution in [3.63, 3.8) is 0 Å². The molecule has 166 valence electrons. The smallest absolute Gasteiger partial charge is 0.338 e. The second-order valence-electron chi connectivity index (χ2n) is 7.50. The quantitative estimate of drug-likeness (QED) is 0.560. The molecule has 0 bridgehead atoms. The van der Waals surface area contributed by atoms with Crippen LogP contribution < -0.4 is 24.4 Å². The highest BCUT2D eigenvalue weighted by Crippen LogP contribution is 2.32. The van der Waals surface area contributed by atoms with Gasteiger partial charge < -0.3 is 14.2 Å². The molecular weight excluding hydrogens is 440 g/mol. The van der Waals surface area contributed by atoms with E-state index in [1.54, 1.807) is 17.6 Å². The normalized spacial score (nSPS) is 17.3. The molecule has 0 spiro atoms. The van der Waals surface area contributed by atoms with Crippen molar-refractivity contribution in [1.29, 1.82) is 0 Å². The van der Waals surface area contributed by atoms with E-state index in [4.69, 9.17) is 14.2 Å². The molecule has 3 heterocycles. The molecule has 0 amide bonds. The number of rotatable bonds is 4. The van der Waals surface area contributed by atoms with Crippen molar-refractivity contribution in [2.75, 3.05) is 13.9 Å². The minimum Gasteiger partial charge on any atom is -0.466 e. The number of ether oxygens (including phenoxy) is 3. The number of benzene rings is 2. The summed E-state index contributed by atoms with van der Waals surface area (Å²) in [5, 5.41) is 0. The van der Waals surface area contributed by atoms with Crippen LogP contribution in [-0.2, 0) is 9.53 Å². The van der Waals surface area contributed by atoms with Gasteiger partial charge in [0, 0.05) is 0 Å². The minimum atomic E-state index is -0.632. The first-order valence-electron chi connectivity index (χ1n) is 10.3. The zero-order chi connectivity index (χ0) is 22.9. The standard InChI is InChI=1S/C25H20N2O5S/c1-15-22(24(29)30-2)18(10-8-16-6-4-3-5-7-16)27-23(28)21(33-25(27)26-15)13-17-9-11-19-20(12-17)32-14-31-19/h3-13,18H,14H2,1-2H3/b10-8+,21-13-/t18-/m0/s1. The fourth-order valence-corrected chi connectivity index (χ4v) is 4.89. The van der Waals surface area contributed by atoms with Crippen molar-refractivity contribution in [3.8, 4) is 11.5 Å². The summed E-state index contributed by atoms with van der Waals surface area (Å²) < 4.78 is 17.8. The van der Waals surface area contributed by atoms with Crippen LogP contribution in [0.1, 0.15) is 24.1 Å². The Morgan fingerprint density at radius 2 is 1.94 bits per heavy atom. The largest absolute Gasteiger partial charge is 0.466 e. The van der Waals surface area contributed by atoms with E-state index >= 15 is 0 Å². The maximum Gasteiger partial charge on any atom is 0.338 e. The topological polar surface area (TPSA) is 79.1 Å². The molecular formula is C25H20N2O5S. The molecule has 1 aromatic heterocycles. The van der Waals surface area contributed by atoms with E-state index in [0.717, 1.165) is 11.1 Å². The molecule has 7 nitrogen and oxygen atoms in total. The predicted molar refractivity (Wildman–Crippen MR) is 125 cm³/mol. The summed E-state index contributed by atoms with van der Waals surface area (Å²) in [7, 11) is 1.32. The van der Waals surface area contributed by atoms with Crippen molar-refractivity contribution in [1.82, 2.24) is 4.57 Å². The van der Waals surface area contributed by atoms with E-state index in [0.29, 0.717) is 32.1 Å². The minimum absolute atomic E-state index is 0.185. The zero-order valence-electron chi connectivity index (χ0n) is 18.0. The van der Waals surface area contributed by atoms with Gasteiger partial charge in [0.15, 0.2) is 16.3 Å². The number of fused-ring (bicyclic) bond motifs is 2.